The van der Waals surface area contributed by atoms with E-state index >= 15 is 0 Å². The number of carbonyl (C=O) groups is 1. The number of anilines is 1. The van der Waals surface area contributed by atoms with Gasteiger partial charge < -0.3 is 4.90 Å². The molecule has 0 saturated carbocycles. The van der Waals surface area contributed by atoms with Crippen LogP contribution in [0.4, 0.5) is 5.95 Å². The number of piperazine rings is 1. The summed E-state index contributed by atoms with van der Waals surface area (Å²) in [4.78, 5) is 21.8. The molecule has 1 aliphatic heterocycles. The van der Waals surface area contributed by atoms with Crippen LogP contribution in [-0.2, 0) is 10.0 Å². The van der Waals surface area contributed by atoms with Gasteiger partial charge in [0.05, 0.1) is 10.5 Å². The van der Waals surface area contributed by atoms with Gasteiger partial charge in [-0.25, -0.2) is 23.9 Å². The van der Waals surface area contributed by atoms with Crippen LogP contribution in [0.3, 0.4) is 0 Å². The summed E-state index contributed by atoms with van der Waals surface area (Å²) < 4.78 is 27.6. The quantitative estimate of drug-likeness (QED) is 0.326. The summed E-state index contributed by atoms with van der Waals surface area (Å²) in [7, 11) is -3.61. The molecule has 1 aliphatic rings. The number of amides is 1. The molecule has 0 aliphatic carbocycles. The molecule has 1 fully saturated rings. The lowest BCUT2D eigenvalue weighted by Crippen LogP contribution is -2.49. The molecule has 10 heteroatoms. The Kier molecular flexibility index (Phi) is 6.78. The van der Waals surface area contributed by atoms with Crippen LogP contribution < -0.4 is 10.4 Å². The maximum Gasteiger partial charge on any atom is 0.277 e. The molecule has 0 atom stereocenters. The fraction of sp³-hybridized carbons (Fsp3) is 0.174. The van der Waals surface area contributed by atoms with Crippen molar-refractivity contribution in [1.82, 2.24) is 19.8 Å². The Labute approximate surface area is 192 Å². The Bertz CT molecular complexity index is 1220. The van der Waals surface area contributed by atoms with E-state index in [1.54, 1.807) is 24.3 Å². The van der Waals surface area contributed by atoms with E-state index in [1.807, 2.05) is 47.4 Å². The summed E-state index contributed by atoms with van der Waals surface area (Å²) in [5.41, 5.74) is 3.64. The molecule has 2 aromatic carbocycles. The van der Waals surface area contributed by atoms with Crippen molar-refractivity contribution < 1.29 is 18.4 Å². The summed E-state index contributed by atoms with van der Waals surface area (Å²) in [6, 6.07) is 16.7. The van der Waals surface area contributed by atoms with Gasteiger partial charge in [-0.05, 0) is 23.3 Å². The van der Waals surface area contributed by atoms with E-state index in [2.05, 4.69) is 9.97 Å². The van der Waals surface area contributed by atoms with Crippen molar-refractivity contribution >= 4 is 34.0 Å². The number of nitrogens with one attached hydrogen (secondary N) is 1. The van der Waals surface area contributed by atoms with Gasteiger partial charge in [-0.2, -0.15) is 4.31 Å². The Morgan fingerprint density at radius 2 is 1.45 bits per heavy atom. The van der Waals surface area contributed by atoms with E-state index in [9.17, 15) is 13.2 Å². The summed E-state index contributed by atoms with van der Waals surface area (Å²) in [5, 5.41) is 8.66. The van der Waals surface area contributed by atoms with E-state index in [-0.39, 0.29) is 10.5 Å². The first kappa shape index (κ1) is 22.6. The highest BCUT2D eigenvalue weighted by molar-refractivity contribution is 7.89. The highest BCUT2D eigenvalue weighted by Crippen LogP contribution is 2.20. The summed E-state index contributed by atoms with van der Waals surface area (Å²) in [5.74, 6) is -0.296. The summed E-state index contributed by atoms with van der Waals surface area (Å²) in [6.45, 7) is 1.42. The zero-order valence-electron chi connectivity index (χ0n) is 17.7. The first-order valence-corrected chi connectivity index (χ1v) is 11.8. The van der Waals surface area contributed by atoms with Gasteiger partial charge in [0.1, 0.15) is 0 Å². The van der Waals surface area contributed by atoms with Crippen LogP contribution in [-0.4, -0.2) is 60.0 Å². The molecule has 0 bridgehead atoms. The lowest BCUT2D eigenvalue weighted by atomic mass is 10.1. The molecule has 1 amide bonds. The van der Waals surface area contributed by atoms with Crippen molar-refractivity contribution in [2.75, 3.05) is 31.1 Å². The van der Waals surface area contributed by atoms with Crippen LogP contribution >= 0.6 is 0 Å². The number of nitrogens with zero attached hydrogens (tertiary/aromatic N) is 4. The van der Waals surface area contributed by atoms with Crippen molar-refractivity contribution in [2.45, 2.75) is 4.90 Å². The Morgan fingerprint density at radius 3 is 2.03 bits per heavy atom. The van der Waals surface area contributed by atoms with Gasteiger partial charge in [0, 0.05) is 38.6 Å². The molecular formula is C23H23N5O4S. The fourth-order valence-electron chi connectivity index (χ4n) is 3.45. The van der Waals surface area contributed by atoms with Gasteiger partial charge in [-0.15, -0.1) is 0 Å². The minimum atomic E-state index is -3.61. The highest BCUT2D eigenvalue weighted by Gasteiger charge is 2.29. The van der Waals surface area contributed by atoms with E-state index < -0.39 is 15.9 Å². The Balaban J connectivity index is 1.38. The number of hydrogen-bond donors (Lipinski definition) is 2. The predicted octanol–water partition coefficient (Wildman–Crippen LogP) is 2.28. The zero-order valence-corrected chi connectivity index (χ0v) is 18.5. The van der Waals surface area contributed by atoms with E-state index in [0.29, 0.717) is 32.1 Å². The second-order valence-corrected chi connectivity index (χ2v) is 9.35. The van der Waals surface area contributed by atoms with Gasteiger partial charge in [-0.3, -0.25) is 10.0 Å². The standard InChI is InChI=1S/C23H23N5O4S/c29-22(26-30)20-16-24-23(25-17-20)27-12-14-28(15-13-27)33(31,32)21-10-8-19(9-11-21)7-6-18-4-2-1-3-5-18/h1-11,16-17,30H,12-15H2,(H,26,29). The summed E-state index contributed by atoms with van der Waals surface area (Å²) in [6.07, 6.45) is 6.54. The minimum Gasteiger partial charge on any atom is -0.338 e. The zero-order chi connectivity index (χ0) is 23.3. The third-order valence-electron chi connectivity index (χ3n) is 5.31. The largest absolute Gasteiger partial charge is 0.338 e. The number of hydroxylamine groups is 1. The van der Waals surface area contributed by atoms with Crippen LogP contribution in [0.25, 0.3) is 12.2 Å². The third-order valence-corrected chi connectivity index (χ3v) is 7.22. The summed E-state index contributed by atoms with van der Waals surface area (Å²) >= 11 is 0. The first-order valence-electron chi connectivity index (χ1n) is 10.3. The topological polar surface area (TPSA) is 116 Å². The number of aromatic nitrogens is 2. The minimum absolute atomic E-state index is 0.129. The van der Waals surface area contributed by atoms with Crippen molar-refractivity contribution in [3.63, 3.8) is 0 Å². The van der Waals surface area contributed by atoms with Gasteiger partial charge in [-0.1, -0.05) is 54.6 Å². The maximum atomic E-state index is 13.1. The average Bonchev–Trinajstić information content (AvgIpc) is 2.88. The second-order valence-electron chi connectivity index (χ2n) is 7.42. The predicted molar refractivity (Wildman–Crippen MR) is 124 cm³/mol. The number of carbonyl (C=O) groups excluding carboxylic acids is 1. The number of sulfonamides is 1. The second kappa shape index (κ2) is 9.90. The molecular weight excluding hydrogens is 442 g/mol. The van der Waals surface area contributed by atoms with E-state index in [1.165, 1.54) is 22.2 Å². The molecule has 1 aromatic heterocycles. The number of rotatable bonds is 6. The highest BCUT2D eigenvalue weighted by atomic mass is 32.2. The molecule has 2 N–H and O–H groups in total. The van der Waals surface area contributed by atoms with Crippen molar-refractivity contribution in [1.29, 1.82) is 0 Å². The van der Waals surface area contributed by atoms with E-state index in [0.717, 1.165) is 11.1 Å². The normalized spacial score (nSPS) is 15.0. The molecule has 0 spiro atoms. The number of hydrogen-bond acceptors (Lipinski definition) is 7. The molecule has 2 heterocycles. The Hall–Kier alpha value is -3.60. The van der Waals surface area contributed by atoms with Gasteiger partial charge in [0.15, 0.2) is 0 Å². The lowest BCUT2D eigenvalue weighted by molar-refractivity contribution is 0.0705. The fourth-order valence-corrected chi connectivity index (χ4v) is 4.87. The Morgan fingerprint density at radius 1 is 0.879 bits per heavy atom. The molecule has 4 rings (SSSR count). The monoisotopic (exact) mass is 465 g/mol. The smallest absolute Gasteiger partial charge is 0.277 e. The first-order chi connectivity index (χ1) is 16.0. The molecule has 9 nitrogen and oxygen atoms in total. The lowest BCUT2D eigenvalue weighted by Gasteiger charge is -2.33. The molecule has 3 aromatic rings. The van der Waals surface area contributed by atoms with Crippen molar-refractivity contribution in [3.05, 3.63) is 83.7 Å². The van der Waals surface area contributed by atoms with Crippen LogP contribution in [0.2, 0.25) is 0 Å². The molecule has 0 unspecified atom stereocenters. The third kappa shape index (κ3) is 5.25. The molecule has 33 heavy (non-hydrogen) atoms. The van der Waals surface area contributed by atoms with Crippen molar-refractivity contribution in [2.24, 2.45) is 0 Å². The van der Waals surface area contributed by atoms with E-state index in [4.69, 9.17) is 5.21 Å². The number of benzene rings is 2. The SMILES string of the molecule is O=C(NO)c1cnc(N2CCN(S(=O)(=O)c3ccc(C=Cc4ccccc4)cc3)CC2)nc1. The van der Waals surface area contributed by atoms with Gasteiger partial charge >= 0.3 is 0 Å². The van der Waals surface area contributed by atoms with Crippen LogP contribution in [0, 0.1) is 0 Å². The molecule has 1 saturated heterocycles. The van der Waals surface area contributed by atoms with Gasteiger partial charge in [0.25, 0.3) is 5.91 Å². The van der Waals surface area contributed by atoms with Crippen LogP contribution in [0.1, 0.15) is 21.5 Å². The van der Waals surface area contributed by atoms with Gasteiger partial charge in [0.2, 0.25) is 16.0 Å². The maximum absolute atomic E-state index is 13.1. The molecule has 0 radical (unpaired) electrons. The van der Waals surface area contributed by atoms with Crippen LogP contribution in [0.5, 0.6) is 0 Å². The van der Waals surface area contributed by atoms with Crippen molar-refractivity contribution in [3.8, 4) is 0 Å². The average molecular weight is 466 g/mol. The van der Waals surface area contributed by atoms with Crippen LogP contribution in [0.15, 0.2) is 71.9 Å². The molecule has 170 valence electrons.